The zero-order valence-corrected chi connectivity index (χ0v) is 7.92. The van der Waals surface area contributed by atoms with Gasteiger partial charge < -0.3 is 10.8 Å². The molecular weight excluding hydrogens is 182 g/mol. The molecule has 2 nitrogen and oxygen atoms in total. The molecule has 0 fully saturated rings. The minimum atomic E-state index is -0.539. The van der Waals surface area contributed by atoms with E-state index in [0.717, 1.165) is 10.3 Å². The molecule has 1 unspecified atom stereocenters. The van der Waals surface area contributed by atoms with Crippen LogP contribution in [0.3, 0.4) is 0 Å². The van der Waals surface area contributed by atoms with Gasteiger partial charge in [-0.2, -0.15) is 0 Å². The maximum Gasteiger partial charge on any atom is 0.0926 e. The maximum absolute atomic E-state index is 9.63. The average Bonchev–Trinajstić information content (AvgIpc) is 2.63. The van der Waals surface area contributed by atoms with Gasteiger partial charge in [0.1, 0.15) is 0 Å². The first-order chi connectivity index (χ1) is 6.33. The summed E-state index contributed by atoms with van der Waals surface area (Å²) in [6, 6.07) is 7.96. The molecular formula is C10H11NOS. The molecule has 3 N–H and O–H groups in total. The van der Waals surface area contributed by atoms with Crippen molar-refractivity contribution in [1.82, 2.24) is 0 Å². The van der Waals surface area contributed by atoms with Crippen LogP contribution < -0.4 is 5.73 Å². The van der Waals surface area contributed by atoms with Crippen LogP contribution in [0.4, 0.5) is 0 Å². The molecule has 1 aromatic heterocycles. The van der Waals surface area contributed by atoms with Crippen LogP contribution in [0.15, 0.2) is 29.6 Å². The van der Waals surface area contributed by atoms with E-state index in [1.807, 2.05) is 29.6 Å². The van der Waals surface area contributed by atoms with Crippen LogP contribution in [0.25, 0.3) is 10.1 Å². The van der Waals surface area contributed by atoms with Crippen molar-refractivity contribution in [2.45, 2.75) is 6.10 Å². The zero-order valence-electron chi connectivity index (χ0n) is 7.10. The number of aliphatic hydroxyl groups is 1. The molecule has 2 aromatic rings. The highest BCUT2D eigenvalue weighted by molar-refractivity contribution is 7.17. The number of nitrogens with two attached hydrogens (primary N) is 1. The molecule has 3 heteroatoms. The molecule has 1 heterocycles. The van der Waals surface area contributed by atoms with Crippen molar-refractivity contribution in [3.8, 4) is 0 Å². The largest absolute Gasteiger partial charge is 0.387 e. The molecule has 1 aromatic carbocycles. The molecule has 0 aliphatic carbocycles. The smallest absolute Gasteiger partial charge is 0.0926 e. The first-order valence-electron chi connectivity index (χ1n) is 4.17. The standard InChI is InChI=1S/C10H11NOS/c11-6-9(12)8-3-1-2-7-4-5-13-10(7)8/h1-5,9,12H,6,11H2. The van der Waals surface area contributed by atoms with E-state index in [-0.39, 0.29) is 6.54 Å². The number of hydrogen-bond acceptors (Lipinski definition) is 3. The van der Waals surface area contributed by atoms with Gasteiger partial charge in [0.15, 0.2) is 0 Å². The number of hydrogen-bond donors (Lipinski definition) is 2. The van der Waals surface area contributed by atoms with E-state index in [4.69, 9.17) is 5.73 Å². The fraction of sp³-hybridized carbons (Fsp3) is 0.200. The lowest BCUT2D eigenvalue weighted by molar-refractivity contribution is 0.188. The van der Waals surface area contributed by atoms with Gasteiger partial charge >= 0.3 is 0 Å². The Bertz CT molecular complexity index is 410. The summed E-state index contributed by atoms with van der Waals surface area (Å²) in [5.41, 5.74) is 6.36. The van der Waals surface area contributed by atoms with Gasteiger partial charge in [-0.05, 0) is 22.4 Å². The van der Waals surface area contributed by atoms with Crippen molar-refractivity contribution in [2.75, 3.05) is 6.54 Å². The molecule has 2 rings (SSSR count). The summed E-state index contributed by atoms with van der Waals surface area (Å²) in [6.45, 7) is 0.275. The second kappa shape index (κ2) is 3.46. The predicted octanol–water partition coefficient (Wildman–Crippen LogP) is 1.89. The predicted molar refractivity (Wildman–Crippen MR) is 55.8 cm³/mol. The summed E-state index contributed by atoms with van der Waals surface area (Å²) in [7, 11) is 0. The lowest BCUT2D eigenvalue weighted by Crippen LogP contribution is -2.11. The molecule has 0 saturated heterocycles. The third-order valence-corrected chi connectivity index (χ3v) is 3.07. The summed E-state index contributed by atoms with van der Waals surface area (Å²) in [5.74, 6) is 0. The van der Waals surface area contributed by atoms with Gasteiger partial charge in [-0.3, -0.25) is 0 Å². The maximum atomic E-state index is 9.63. The van der Waals surface area contributed by atoms with Gasteiger partial charge in [-0.1, -0.05) is 18.2 Å². The van der Waals surface area contributed by atoms with Crippen LogP contribution in [0, 0.1) is 0 Å². The van der Waals surface area contributed by atoms with Crippen LogP contribution in [-0.4, -0.2) is 11.7 Å². The second-order valence-corrected chi connectivity index (χ2v) is 3.85. The summed E-state index contributed by atoms with van der Waals surface area (Å²) in [5, 5.41) is 12.8. The summed E-state index contributed by atoms with van der Waals surface area (Å²) in [4.78, 5) is 0. The van der Waals surface area contributed by atoms with Gasteiger partial charge in [-0.25, -0.2) is 0 Å². The summed E-state index contributed by atoms with van der Waals surface area (Å²) >= 11 is 1.64. The molecule has 0 amide bonds. The van der Waals surface area contributed by atoms with Crippen LogP contribution in [0.1, 0.15) is 11.7 Å². The molecule has 1 atom stereocenters. The van der Waals surface area contributed by atoms with E-state index < -0.39 is 6.10 Å². The van der Waals surface area contributed by atoms with Gasteiger partial charge in [0.25, 0.3) is 0 Å². The number of thiophene rings is 1. The van der Waals surface area contributed by atoms with Crippen LogP contribution in [0.2, 0.25) is 0 Å². The van der Waals surface area contributed by atoms with Crippen molar-refractivity contribution in [2.24, 2.45) is 5.73 Å². The minimum absolute atomic E-state index is 0.275. The third-order valence-electron chi connectivity index (χ3n) is 2.09. The van der Waals surface area contributed by atoms with Crippen molar-refractivity contribution in [1.29, 1.82) is 0 Å². The highest BCUT2D eigenvalue weighted by Gasteiger charge is 2.09. The third kappa shape index (κ3) is 1.46. The Kier molecular flexibility index (Phi) is 2.31. The quantitative estimate of drug-likeness (QED) is 0.765. The number of rotatable bonds is 2. The minimum Gasteiger partial charge on any atom is -0.387 e. The Hall–Kier alpha value is -0.900. The summed E-state index contributed by atoms with van der Waals surface area (Å²) < 4.78 is 1.14. The fourth-order valence-corrected chi connectivity index (χ4v) is 2.37. The molecule has 68 valence electrons. The Morgan fingerprint density at radius 3 is 3.00 bits per heavy atom. The molecule has 0 spiro atoms. The SMILES string of the molecule is NCC(O)c1cccc2ccsc12. The highest BCUT2D eigenvalue weighted by atomic mass is 32.1. The van der Waals surface area contributed by atoms with Crippen molar-refractivity contribution in [3.63, 3.8) is 0 Å². The molecule has 0 bridgehead atoms. The van der Waals surface area contributed by atoms with Gasteiger partial charge in [0.2, 0.25) is 0 Å². The Labute approximate surface area is 80.6 Å². The van der Waals surface area contributed by atoms with E-state index >= 15 is 0 Å². The first-order valence-corrected chi connectivity index (χ1v) is 5.05. The molecule has 13 heavy (non-hydrogen) atoms. The molecule has 0 saturated carbocycles. The lowest BCUT2D eigenvalue weighted by atomic mass is 10.1. The zero-order chi connectivity index (χ0) is 9.26. The molecule has 0 radical (unpaired) electrons. The second-order valence-electron chi connectivity index (χ2n) is 2.94. The number of aliphatic hydroxyl groups excluding tert-OH is 1. The van der Waals surface area contributed by atoms with Crippen LogP contribution >= 0.6 is 11.3 Å². The van der Waals surface area contributed by atoms with Gasteiger partial charge in [0, 0.05) is 11.2 Å². The van der Waals surface area contributed by atoms with E-state index in [1.165, 1.54) is 5.39 Å². The van der Waals surface area contributed by atoms with Gasteiger partial charge in [0.05, 0.1) is 6.10 Å². The number of fused-ring (bicyclic) bond motifs is 1. The summed E-state index contributed by atoms with van der Waals surface area (Å²) in [6.07, 6.45) is -0.539. The first kappa shape index (κ1) is 8.69. The monoisotopic (exact) mass is 193 g/mol. The van der Waals surface area contributed by atoms with Gasteiger partial charge in [-0.15, -0.1) is 11.3 Å². The molecule has 0 aliphatic rings. The normalized spacial score (nSPS) is 13.4. The Morgan fingerprint density at radius 2 is 2.23 bits per heavy atom. The van der Waals surface area contributed by atoms with Crippen molar-refractivity contribution >= 4 is 21.4 Å². The Morgan fingerprint density at radius 1 is 1.38 bits per heavy atom. The topological polar surface area (TPSA) is 46.2 Å². The van der Waals surface area contributed by atoms with Crippen LogP contribution in [-0.2, 0) is 0 Å². The van der Waals surface area contributed by atoms with E-state index in [9.17, 15) is 5.11 Å². The van der Waals surface area contributed by atoms with Crippen molar-refractivity contribution in [3.05, 3.63) is 35.2 Å². The lowest BCUT2D eigenvalue weighted by Gasteiger charge is -2.08. The van der Waals surface area contributed by atoms with Crippen LogP contribution in [0.5, 0.6) is 0 Å². The average molecular weight is 193 g/mol. The highest BCUT2D eigenvalue weighted by Crippen LogP contribution is 2.28. The van der Waals surface area contributed by atoms with E-state index in [1.54, 1.807) is 11.3 Å². The molecule has 0 aliphatic heterocycles. The fourth-order valence-electron chi connectivity index (χ4n) is 1.41. The Balaban J connectivity index is 2.60. The van der Waals surface area contributed by atoms with E-state index in [2.05, 4.69) is 0 Å². The number of benzene rings is 1. The van der Waals surface area contributed by atoms with E-state index in [0.29, 0.717) is 0 Å². The van der Waals surface area contributed by atoms with Crippen molar-refractivity contribution < 1.29 is 5.11 Å².